The van der Waals surface area contributed by atoms with Crippen LogP contribution in [0.3, 0.4) is 0 Å². The number of ether oxygens (including phenoxy) is 1. The fourth-order valence-corrected chi connectivity index (χ4v) is 3.52. The van der Waals surface area contributed by atoms with Crippen molar-refractivity contribution in [1.29, 1.82) is 0 Å². The Bertz CT molecular complexity index is 925. The molecule has 0 saturated carbocycles. The number of nitrogens with zero attached hydrogens (tertiary/aromatic N) is 3. The van der Waals surface area contributed by atoms with Crippen molar-refractivity contribution in [2.75, 3.05) is 45.7 Å². The minimum atomic E-state index is -4.51. The molecular weight excluding hydrogens is 409 g/mol. The number of pyridine rings is 1. The van der Waals surface area contributed by atoms with Crippen molar-refractivity contribution >= 4 is 11.6 Å². The third-order valence-corrected chi connectivity index (χ3v) is 5.39. The average Bonchev–Trinajstić information content (AvgIpc) is 2.71. The Balaban J connectivity index is 1.77. The number of piperazine rings is 1. The van der Waals surface area contributed by atoms with Gasteiger partial charge in [0.15, 0.2) is 0 Å². The third-order valence-electron chi connectivity index (χ3n) is 5.39. The summed E-state index contributed by atoms with van der Waals surface area (Å²) in [6.45, 7) is 5.43. The van der Waals surface area contributed by atoms with Gasteiger partial charge in [0.25, 0.3) is 5.91 Å². The fourth-order valence-electron chi connectivity index (χ4n) is 3.52. The van der Waals surface area contributed by atoms with E-state index in [0.29, 0.717) is 12.3 Å². The molecule has 0 radical (unpaired) electrons. The number of methoxy groups -OCH3 is 1. The highest BCUT2D eigenvalue weighted by Gasteiger charge is 2.34. The van der Waals surface area contributed by atoms with E-state index < -0.39 is 17.6 Å². The van der Waals surface area contributed by atoms with Gasteiger partial charge < -0.3 is 15.0 Å². The lowest BCUT2D eigenvalue weighted by Gasteiger charge is -2.33. The van der Waals surface area contributed by atoms with Crippen LogP contribution in [0.2, 0.25) is 0 Å². The number of amides is 1. The summed E-state index contributed by atoms with van der Waals surface area (Å²) in [6, 6.07) is 5.60. The number of carbonyl (C=O) groups is 1. The Labute approximate surface area is 180 Å². The SMILES string of the molecule is COCc1ncc(C(=O)Nc2ccc(CN3CCN(C)CC3)c(C(F)(F)F)c2)cc1C. The summed E-state index contributed by atoms with van der Waals surface area (Å²) in [6.07, 6.45) is -3.12. The molecule has 1 saturated heterocycles. The van der Waals surface area contributed by atoms with Crippen molar-refractivity contribution in [3.05, 3.63) is 58.4 Å². The summed E-state index contributed by atoms with van der Waals surface area (Å²) in [5, 5.41) is 2.56. The summed E-state index contributed by atoms with van der Waals surface area (Å²) < 4.78 is 46.2. The Kier molecular flexibility index (Phi) is 7.30. The predicted molar refractivity (Wildman–Crippen MR) is 112 cm³/mol. The van der Waals surface area contributed by atoms with Gasteiger partial charge in [-0.15, -0.1) is 0 Å². The second-order valence-corrected chi connectivity index (χ2v) is 7.82. The van der Waals surface area contributed by atoms with Crippen molar-refractivity contribution < 1.29 is 22.7 Å². The van der Waals surface area contributed by atoms with E-state index in [-0.39, 0.29) is 23.4 Å². The molecule has 1 amide bonds. The molecule has 31 heavy (non-hydrogen) atoms. The standard InChI is InChI=1S/C22H27F3N4O2/c1-15-10-17(12-26-20(15)14-31-3)21(30)27-18-5-4-16(19(11-18)22(23,24)25)13-29-8-6-28(2)7-9-29/h4-5,10-12H,6-9,13-14H2,1-3H3,(H,27,30). The van der Waals surface area contributed by atoms with Crippen LogP contribution in [-0.4, -0.2) is 61.0 Å². The molecule has 168 valence electrons. The summed E-state index contributed by atoms with van der Waals surface area (Å²) >= 11 is 0. The predicted octanol–water partition coefficient (Wildman–Crippen LogP) is 3.55. The monoisotopic (exact) mass is 436 g/mol. The average molecular weight is 436 g/mol. The van der Waals surface area contributed by atoms with Crippen LogP contribution >= 0.6 is 0 Å². The Morgan fingerprint density at radius 3 is 2.52 bits per heavy atom. The number of hydrogen-bond donors (Lipinski definition) is 1. The number of halogens is 3. The fraction of sp³-hybridized carbons (Fsp3) is 0.455. The number of benzene rings is 1. The number of hydrogen-bond acceptors (Lipinski definition) is 5. The molecule has 9 heteroatoms. The first kappa shape index (κ1) is 23.2. The van der Waals surface area contributed by atoms with Gasteiger partial charge in [0.2, 0.25) is 0 Å². The number of rotatable bonds is 6. The van der Waals surface area contributed by atoms with Gasteiger partial charge in [-0.25, -0.2) is 0 Å². The zero-order valence-electron chi connectivity index (χ0n) is 17.9. The van der Waals surface area contributed by atoms with Gasteiger partial charge >= 0.3 is 6.18 Å². The molecule has 6 nitrogen and oxygen atoms in total. The van der Waals surface area contributed by atoms with E-state index >= 15 is 0 Å². The molecule has 1 aliphatic heterocycles. The number of aromatic nitrogens is 1. The van der Waals surface area contributed by atoms with Crippen molar-refractivity contribution in [3.8, 4) is 0 Å². The quantitative estimate of drug-likeness (QED) is 0.751. The topological polar surface area (TPSA) is 57.7 Å². The van der Waals surface area contributed by atoms with Crippen LogP contribution in [0.15, 0.2) is 30.5 Å². The molecule has 0 atom stereocenters. The van der Waals surface area contributed by atoms with E-state index in [9.17, 15) is 18.0 Å². The first-order valence-corrected chi connectivity index (χ1v) is 10.0. The van der Waals surface area contributed by atoms with Crippen LogP contribution in [0.5, 0.6) is 0 Å². The van der Waals surface area contributed by atoms with Crippen molar-refractivity contribution in [2.45, 2.75) is 26.3 Å². The van der Waals surface area contributed by atoms with E-state index in [2.05, 4.69) is 15.2 Å². The number of alkyl halides is 3. The molecule has 1 aromatic carbocycles. The maximum absolute atomic E-state index is 13.7. The van der Waals surface area contributed by atoms with E-state index in [0.717, 1.165) is 37.8 Å². The lowest BCUT2D eigenvalue weighted by molar-refractivity contribution is -0.138. The molecule has 0 spiro atoms. The van der Waals surface area contributed by atoms with E-state index in [4.69, 9.17) is 4.74 Å². The Hall–Kier alpha value is -2.49. The molecule has 1 aliphatic rings. The Morgan fingerprint density at radius 1 is 1.19 bits per heavy atom. The van der Waals surface area contributed by atoms with E-state index in [1.54, 1.807) is 20.1 Å². The molecule has 2 aromatic rings. The zero-order chi connectivity index (χ0) is 22.6. The second-order valence-electron chi connectivity index (χ2n) is 7.82. The molecule has 0 bridgehead atoms. The summed E-state index contributed by atoms with van der Waals surface area (Å²) in [4.78, 5) is 20.9. The van der Waals surface area contributed by atoms with Gasteiger partial charge in [-0.3, -0.25) is 14.7 Å². The second kappa shape index (κ2) is 9.76. The minimum absolute atomic E-state index is 0.0954. The minimum Gasteiger partial charge on any atom is -0.378 e. The largest absolute Gasteiger partial charge is 0.416 e. The first-order chi connectivity index (χ1) is 14.7. The molecule has 0 aliphatic carbocycles. The number of aryl methyl sites for hydroxylation is 1. The van der Waals surface area contributed by atoms with Crippen LogP contribution < -0.4 is 5.32 Å². The number of nitrogens with one attached hydrogen (secondary N) is 1. The highest BCUT2D eigenvalue weighted by atomic mass is 19.4. The Morgan fingerprint density at radius 2 is 1.90 bits per heavy atom. The van der Waals surface area contributed by atoms with Gasteiger partial charge in [0, 0.05) is 51.7 Å². The molecule has 2 heterocycles. The first-order valence-electron chi connectivity index (χ1n) is 10.0. The van der Waals surface area contributed by atoms with Crippen LogP contribution in [0.1, 0.15) is 32.7 Å². The van der Waals surface area contributed by atoms with Crippen molar-refractivity contribution in [3.63, 3.8) is 0 Å². The zero-order valence-corrected chi connectivity index (χ0v) is 17.9. The molecule has 1 aromatic heterocycles. The summed E-state index contributed by atoms with van der Waals surface area (Å²) in [5.74, 6) is -0.514. The van der Waals surface area contributed by atoms with Crippen LogP contribution in [0.25, 0.3) is 0 Å². The maximum atomic E-state index is 13.7. The lowest BCUT2D eigenvalue weighted by atomic mass is 10.0. The van der Waals surface area contributed by atoms with Gasteiger partial charge in [0.05, 0.1) is 23.4 Å². The summed E-state index contributed by atoms with van der Waals surface area (Å²) in [5.41, 5.74) is 1.32. The summed E-state index contributed by atoms with van der Waals surface area (Å²) in [7, 11) is 3.55. The van der Waals surface area contributed by atoms with Gasteiger partial charge in [-0.05, 0) is 43.3 Å². The van der Waals surface area contributed by atoms with Crippen molar-refractivity contribution in [1.82, 2.24) is 14.8 Å². The van der Waals surface area contributed by atoms with E-state index in [1.807, 2.05) is 11.9 Å². The smallest absolute Gasteiger partial charge is 0.378 e. The normalized spacial score (nSPS) is 15.8. The molecule has 1 N–H and O–H groups in total. The van der Waals surface area contributed by atoms with Crippen LogP contribution in [0, 0.1) is 6.92 Å². The molecule has 1 fully saturated rings. The number of likely N-dealkylation sites (N-methyl/N-ethyl adjacent to an activating group) is 1. The van der Waals surface area contributed by atoms with Gasteiger partial charge in [0.1, 0.15) is 0 Å². The van der Waals surface area contributed by atoms with Crippen LogP contribution in [-0.2, 0) is 24.1 Å². The van der Waals surface area contributed by atoms with Gasteiger partial charge in [-0.1, -0.05) is 6.07 Å². The molecular formula is C22H27F3N4O2. The van der Waals surface area contributed by atoms with Gasteiger partial charge in [-0.2, -0.15) is 13.2 Å². The number of anilines is 1. The lowest BCUT2D eigenvalue weighted by Crippen LogP contribution is -2.44. The third kappa shape index (κ3) is 6.03. The van der Waals surface area contributed by atoms with Crippen LogP contribution in [0.4, 0.5) is 18.9 Å². The molecule has 3 rings (SSSR count). The molecule has 0 unspecified atom stereocenters. The van der Waals surface area contributed by atoms with Crippen molar-refractivity contribution in [2.24, 2.45) is 0 Å². The van der Waals surface area contributed by atoms with E-state index in [1.165, 1.54) is 18.3 Å². The highest BCUT2D eigenvalue weighted by molar-refractivity contribution is 6.04. The number of carbonyl (C=O) groups excluding carboxylic acids is 1. The maximum Gasteiger partial charge on any atom is 0.416 e. The highest BCUT2D eigenvalue weighted by Crippen LogP contribution is 2.34.